The normalized spacial score (nSPS) is 11.6. The number of benzene rings is 1. The summed E-state index contributed by atoms with van der Waals surface area (Å²) in [5.74, 6) is 0.342. The Morgan fingerprint density at radius 3 is 2.31 bits per heavy atom. The van der Waals surface area contributed by atoms with E-state index in [1.54, 1.807) is 45.2 Å². The Morgan fingerprint density at radius 1 is 1.15 bits per heavy atom. The van der Waals surface area contributed by atoms with Crippen LogP contribution in [0.3, 0.4) is 0 Å². The average molecular weight is 379 g/mol. The minimum absolute atomic E-state index is 0.112. The molecule has 0 spiro atoms. The lowest BCUT2D eigenvalue weighted by molar-refractivity contribution is 0.101. The van der Waals surface area contributed by atoms with Crippen molar-refractivity contribution < 1.29 is 17.9 Å². The molecule has 0 aliphatic carbocycles. The number of nitrogens with one attached hydrogen (secondary N) is 1. The van der Waals surface area contributed by atoms with Crippen LogP contribution in [-0.2, 0) is 17.1 Å². The number of carbonyl (C=O) groups excluding carboxylic acids is 1. The smallest absolute Gasteiger partial charge is 0.272 e. The molecule has 0 aliphatic rings. The second-order valence-corrected chi connectivity index (χ2v) is 7.61. The second-order valence-electron chi connectivity index (χ2n) is 5.67. The molecule has 0 bridgehead atoms. The molecule has 0 radical (unpaired) electrons. The standard InChI is InChI=1S/C18H25N3O4S/c1-5-21(6-2)26(23,24)16-12-17(20(4)13-16)18(22)19-14-8-10-15(11-9-14)25-7-3/h8-13H,5-7H2,1-4H3,(H,19,22). The largest absolute Gasteiger partial charge is 0.494 e. The first-order chi connectivity index (χ1) is 12.3. The van der Waals surface area contributed by atoms with Crippen molar-refractivity contribution in [2.24, 2.45) is 7.05 Å². The number of aryl methyl sites for hydroxylation is 1. The first-order valence-corrected chi connectivity index (χ1v) is 9.98. The van der Waals surface area contributed by atoms with Crippen molar-refractivity contribution in [1.29, 1.82) is 0 Å². The molecular formula is C18H25N3O4S. The number of aromatic nitrogens is 1. The lowest BCUT2D eigenvalue weighted by atomic mass is 10.3. The molecule has 142 valence electrons. The average Bonchev–Trinajstić information content (AvgIpc) is 3.00. The first-order valence-electron chi connectivity index (χ1n) is 8.54. The molecule has 1 heterocycles. The molecule has 0 atom stereocenters. The molecule has 8 heteroatoms. The molecule has 2 rings (SSSR count). The van der Waals surface area contributed by atoms with Crippen molar-refractivity contribution in [3.63, 3.8) is 0 Å². The summed E-state index contributed by atoms with van der Waals surface area (Å²) in [4.78, 5) is 12.6. The summed E-state index contributed by atoms with van der Waals surface area (Å²) in [5.41, 5.74) is 0.873. The molecule has 2 aromatic rings. The van der Waals surface area contributed by atoms with Gasteiger partial charge in [0.2, 0.25) is 10.0 Å². The maximum absolute atomic E-state index is 12.6. The Kier molecular flexibility index (Phi) is 6.44. The van der Waals surface area contributed by atoms with Crippen LogP contribution < -0.4 is 10.1 Å². The highest BCUT2D eigenvalue weighted by Gasteiger charge is 2.25. The van der Waals surface area contributed by atoms with Crippen molar-refractivity contribution in [2.75, 3.05) is 25.0 Å². The number of sulfonamides is 1. The number of rotatable bonds is 8. The third-order valence-corrected chi connectivity index (χ3v) is 5.99. The molecule has 1 aromatic carbocycles. The fourth-order valence-corrected chi connectivity index (χ4v) is 4.14. The highest BCUT2D eigenvalue weighted by molar-refractivity contribution is 7.89. The van der Waals surface area contributed by atoms with Crippen LogP contribution >= 0.6 is 0 Å². The van der Waals surface area contributed by atoms with E-state index in [4.69, 9.17) is 4.74 Å². The van der Waals surface area contributed by atoms with Crippen LogP contribution in [0.25, 0.3) is 0 Å². The molecule has 0 saturated carbocycles. The summed E-state index contributed by atoms with van der Waals surface area (Å²) in [5, 5.41) is 2.77. The summed E-state index contributed by atoms with van der Waals surface area (Å²) >= 11 is 0. The maximum atomic E-state index is 12.6. The zero-order valence-corrected chi connectivity index (χ0v) is 16.3. The molecule has 26 heavy (non-hydrogen) atoms. The van der Waals surface area contributed by atoms with Gasteiger partial charge in [-0.1, -0.05) is 13.8 Å². The van der Waals surface area contributed by atoms with Crippen LogP contribution in [0, 0.1) is 0 Å². The van der Waals surface area contributed by atoms with E-state index in [9.17, 15) is 13.2 Å². The van der Waals surface area contributed by atoms with Crippen LogP contribution in [0.2, 0.25) is 0 Å². The van der Waals surface area contributed by atoms with Crippen LogP contribution in [0.5, 0.6) is 5.75 Å². The van der Waals surface area contributed by atoms with Crippen LogP contribution in [0.15, 0.2) is 41.4 Å². The van der Waals surface area contributed by atoms with Gasteiger partial charge in [-0.15, -0.1) is 0 Å². The molecule has 0 aliphatic heterocycles. The van der Waals surface area contributed by atoms with Gasteiger partial charge >= 0.3 is 0 Å². The van der Waals surface area contributed by atoms with Gasteiger partial charge in [0.15, 0.2) is 0 Å². The fraction of sp³-hybridized carbons (Fsp3) is 0.389. The summed E-state index contributed by atoms with van der Waals surface area (Å²) in [7, 11) is -1.96. The Hall–Kier alpha value is -2.32. The molecule has 7 nitrogen and oxygen atoms in total. The molecule has 1 amide bonds. The van der Waals surface area contributed by atoms with Crippen molar-refractivity contribution in [1.82, 2.24) is 8.87 Å². The number of amides is 1. The summed E-state index contributed by atoms with van der Waals surface area (Å²) in [6, 6.07) is 8.40. The Bertz CT molecular complexity index is 853. The molecular weight excluding hydrogens is 354 g/mol. The molecule has 0 unspecified atom stereocenters. The SMILES string of the molecule is CCOc1ccc(NC(=O)c2cc(S(=O)(=O)N(CC)CC)cn2C)cc1. The Morgan fingerprint density at radius 2 is 1.77 bits per heavy atom. The van der Waals surface area contributed by atoms with Crippen molar-refractivity contribution >= 4 is 21.6 Å². The zero-order valence-electron chi connectivity index (χ0n) is 15.5. The fourth-order valence-electron chi connectivity index (χ4n) is 2.61. The van der Waals surface area contributed by atoms with Gasteiger partial charge in [-0.25, -0.2) is 8.42 Å². The highest BCUT2D eigenvalue weighted by Crippen LogP contribution is 2.20. The summed E-state index contributed by atoms with van der Waals surface area (Å²) in [6.45, 7) is 6.78. The van der Waals surface area contributed by atoms with Gasteiger partial charge in [0.25, 0.3) is 5.91 Å². The molecule has 1 aromatic heterocycles. The third-order valence-electron chi connectivity index (χ3n) is 3.98. The lowest BCUT2D eigenvalue weighted by Gasteiger charge is -2.17. The minimum Gasteiger partial charge on any atom is -0.494 e. The number of hydrogen-bond donors (Lipinski definition) is 1. The Labute approximate surface area is 154 Å². The van der Waals surface area contributed by atoms with E-state index >= 15 is 0 Å². The van der Waals surface area contributed by atoms with Gasteiger partial charge in [0.05, 0.1) is 6.61 Å². The van der Waals surface area contributed by atoms with Crippen LogP contribution in [0.1, 0.15) is 31.3 Å². The minimum atomic E-state index is -3.61. The number of ether oxygens (including phenoxy) is 1. The van der Waals surface area contributed by atoms with E-state index in [1.807, 2.05) is 6.92 Å². The summed E-state index contributed by atoms with van der Waals surface area (Å²) in [6.07, 6.45) is 1.46. The number of carbonyl (C=O) groups is 1. The van der Waals surface area contributed by atoms with Crippen LogP contribution in [-0.4, -0.2) is 42.9 Å². The van der Waals surface area contributed by atoms with E-state index in [-0.39, 0.29) is 16.5 Å². The number of nitrogens with zero attached hydrogens (tertiary/aromatic N) is 2. The Balaban J connectivity index is 2.21. The van der Waals surface area contributed by atoms with Gasteiger partial charge < -0.3 is 14.6 Å². The monoisotopic (exact) mass is 379 g/mol. The second kappa shape index (κ2) is 8.37. The summed E-state index contributed by atoms with van der Waals surface area (Å²) < 4.78 is 33.5. The number of hydrogen-bond acceptors (Lipinski definition) is 4. The van der Waals surface area contributed by atoms with Crippen molar-refractivity contribution in [2.45, 2.75) is 25.7 Å². The van der Waals surface area contributed by atoms with Crippen molar-refractivity contribution in [3.8, 4) is 5.75 Å². The first kappa shape index (κ1) is 20.0. The van der Waals surface area contributed by atoms with E-state index in [0.717, 1.165) is 5.75 Å². The maximum Gasteiger partial charge on any atom is 0.272 e. The lowest BCUT2D eigenvalue weighted by Crippen LogP contribution is -2.30. The van der Waals surface area contributed by atoms with E-state index in [0.29, 0.717) is 25.4 Å². The molecule has 0 fully saturated rings. The van der Waals surface area contributed by atoms with Gasteiger partial charge in [0.1, 0.15) is 16.3 Å². The van der Waals surface area contributed by atoms with Crippen LogP contribution in [0.4, 0.5) is 5.69 Å². The quantitative estimate of drug-likeness (QED) is 0.765. The van der Waals surface area contributed by atoms with Gasteiger partial charge in [-0.05, 0) is 37.3 Å². The highest BCUT2D eigenvalue weighted by atomic mass is 32.2. The predicted molar refractivity (Wildman–Crippen MR) is 101 cm³/mol. The molecule has 0 saturated heterocycles. The topological polar surface area (TPSA) is 80.6 Å². The zero-order chi connectivity index (χ0) is 19.3. The van der Waals surface area contributed by atoms with Gasteiger partial charge in [0, 0.05) is 32.0 Å². The molecule has 1 N–H and O–H groups in total. The van der Waals surface area contributed by atoms with Crippen molar-refractivity contribution in [3.05, 3.63) is 42.2 Å². The predicted octanol–water partition coefficient (Wildman–Crippen LogP) is 2.71. The van der Waals surface area contributed by atoms with E-state index in [1.165, 1.54) is 21.1 Å². The van der Waals surface area contributed by atoms with E-state index in [2.05, 4.69) is 5.32 Å². The third kappa shape index (κ3) is 4.25. The van der Waals surface area contributed by atoms with E-state index < -0.39 is 10.0 Å². The van der Waals surface area contributed by atoms with Gasteiger partial charge in [-0.2, -0.15) is 4.31 Å². The number of anilines is 1. The van der Waals surface area contributed by atoms with Gasteiger partial charge in [-0.3, -0.25) is 4.79 Å².